The first-order valence-corrected chi connectivity index (χ1v) is 7.47. The summed E-state index contributed by atoms with van der Waals surface area (Å²) < 4.78 is 18.6. The standard InChI is InChI=1S/C16H21FN2O4/c1-23-7-6-18-9-13(20)10-19(11-16(18)22)15(21)8-12-4-2-3-5-14(12)17/h2-5,13,20H,6-11H2,1H3. The number of halogens is 1. The van der Waals surface area contributed by atoms with E-state index in [1.165, 1.54) is 29.0 Å². The Labute approximate surface area is 134 Å². The van der Waals surface area contributed by atoms with Crippen molar-refractivity contribution in [1.29, 1.82) is 0 Å². The lowest BCUT2D eigenvalue weighted by Gasteiger charge is -2.21. The maximum absolute atomic E-state index is 13.6. The van der Waals surface area contributed by atoms with Gasteiger partial charge >= 0.3 is 0 Å². The Morgan fingerprint density at radius 1 is 1.39 bits per heavy atom. The van der Waals surface area contributed by atoms with Gasteiger partial charge in [-0.3, -0.25) is 9.59 Å². The predicted octanol–water partition coefficient (Wildman–Crippen LogP) is 0.0463. The number of benzene rings is 1. The van der Waals surface area contributed by atoms with E-state index in [0.717, 1.165) is 0 Å². The molecule has 1 N–H and O–H groups in total. The highest BCUT2D eigenvalue weighted by atomic mass is 19.1. The molecule has 1 aromatic carbocycles. The van der Waals surface area contributed by atoms with E-state index in [4.69, 9.17) is 4.74 Å². The molecule has 0 aromatic heterocycles. The molecule has 1 atom stereocenters. The van der Waals surface area contributed by atoms with Crippen molar-refractivity contribution in [2.45, 2.75) is 12.5 Å². The maximum atomic E-state index is 13.6. The summed E-state index contributed by atoms with van der Waals surface area (Å²) in [5.74, 6) is -1.08. The van der Waals surface area contributed by atoms with Crippen molar-refractivity contribution in [2.24, 2.45) is 0 Å². The number of carbonyl (C=O) groups excluding carboxylic acids is 2. The summed E-state index contributed by atoms with van der Waals surface area (Å²) >= 11 is 0. The maximum Gasteiger partial charge on any atom is 0.242 e. The second-order valence-electron chi connectivity index (χ2n) is 5.53. The summed E-state index contributed by atoms with van der Waals surface area (Å²) in [5, 5.41) is 10.0. The van der Waals surface area contributed by atoms with E-state index in [9.17, 15) is 19.1 Å². The highest BCUT2D eigenvalue weighted by molar-refractivity contribution is 5.86. The average Bonchev–Trinajstić information content (AvgIpc) is 2.66. The van der Waals surface area contributed by atoms with Gasteiger partial charge in [0.2, 0.25) is 11.8 Å². The van der Waals surface area contributed by atoms with E-state index < -0.39 is 11.9 Å². The van der Waals surface area contributed by atoms with Crippen molar-refractivity contribution in [3.8, 4) is 0 Å². The Bertz CT molecular complexity index is 567. The fraction of sp³-hybridized carbons (Fsp3) is 0.500. The molecule has 7 heteroatoms. The highest BCUT2D eigenvalue weighted by Crippen LogP contribution is 2.11. The molecule has 1 aliphatic rings. The molecule has 23 heavy (non-hydrogen) atoms. The van der Waals surface area contributed by atoms with Gasteiger partial charge in [0.05, 0.1) is 25.7 Å². The molecule has 0 spiro atoms. The number of amides is 2. The summed E-state index contributed by atoms with van der Waals surface area (Å²) in [6.07, 6.45) is -0.965. The van der Waals surface area contributed by atoms with E-state index in [-0.39, 0.29) is 43.4 Å². The number of rotatable bonds is 5. The molecule has 2 amide bonds. The summed E-state index contributed by atoms with van der Waals surface area (Å²) in [6, 6.07) is 6.03. The summed E-state index contributed by atoms with van der Waals surface area (Å²) in [4.78, 5) is 27.3. The Morgan fingerprint density at radius 2 is 2.13 bits per heavy atom. The van der Waals surface area contributed by atoms with Crippen LogP contribution in [0.3, 0.4) is 0 Å². The molecule has 0 saturated carbocycles. The number of aliphatic hydroxyl groups is 1. The van der Waals surface area contributed by atoms with Crippen molar-refractivity contribution < 1.29 is 23.8 Å². The largest absolute Gasteiger partial charge is 0.389 e. The number of hydrogen-bond donors (Lipinski definition) is 1. The van der Waals surface area contributed by atoms with Gasteiger partial charge in [0.15, 0.2) is 0 Å². The second-order valence-corrected chi connectivity index (χ2v) is 5.53. The molecule has 6 nitrogen and oxygen atoms in total. The lowest BCUT2D eigenvalue weighted by atomic mass is 10.1. The van der Waals surface area contributed by atoms with Crippen LogP contribution in [0.1, 0.15) is 5.56 Å². The van der Waals surface area contributed by atoms with Crippen LogP contribution >= 0.6 is 0 Å². The molecule has 0 radical (unpaired) electrons. The Morgan fingerprint density at radius 3 is 2.83 bits per heavy atom. The third-order valence-electron chi connectivity index (χ3n) is 3.76. The van der Waals surface area contributed by atoms with E-state index in [1.54, 1.807) is 12.1 Å². The van der Waals surface area contributed by atoms with E-state index in [1.807, 2.05) is 0 Å². The van der Waals surface area contributed by atoms with Crippen molar-refractivity contribution in [3.05, 3.63) is 35.6 Å². The zero-order valence-electron chi connectivity index (χ0n) is 13.1. The van der Waals surface area contributed by atoms with Gasteiger partial charge in [0.25, 0.3) is 0 Å². The first kappa shape index (κ1) is 17.4. The number of methoxy groups -OCH3 is 1. The van der Waals surface area contributed by atoms with Crippen molar-refractivity contribution in [3.63, 3.8) is 0 Å². The molecule has 1 unspecified atom stereocenters. The van der Waals surface area contributed by atoms with Gasteiger partial charge in [-0.2, -0.15) is 0 Å². The van der Waals surface area contributed by atoms with Crippen LogP contribution in [0.15, 0.2) is 24.3 Å². The number of aliphatic hydroxyl groups excluding tert-OH is 1. The molecule has 1 fully saturated rings. The van der Waals surface area contributed by atoms with Crippen molar-refractivity contribution in [2.75, 3.05) is 39.9 Å². The van der Waals surface area contributed by atoms with Gasteiger partial charge in [-0.1, -0.05) is 18.2 Å². The van der Waals surface area contributed by atoms with Gasteiger partial charge in [0.1, 0.15) is 5.82 Å². The number of β-amino-alcohol motifs (C(OH)–C–C–N with tert-alkyl or cyclic N) is 1. The first-order valence-electron chi connectivity index (χ1n) is 7.47. The molecule has 1 saturated heterocycles. The first-order chi connectivity index (χ1) is 11.0. The number of ether oxygens (including phenoxy) is 1. The molecule has 1 heterocycles. The zero-order chi connectivity index (χ0) is 16.8. The van der Waals surface area contributed by atoms with Crippen LogP contribution in [0, 0.1) is 5.82 Å². The lowest BCUT2D eigenvalue weighted by molar-refractivity contribution is -0.138. The van der Waals surface area contributed by atoms with Crippen LogP contribution in [0.2, 0.25) is 0 Å². The minimum absolute atomic E-state index is 0.0580. The number of carbonyl (C=O) groups is 2. The van der Waals surface area contributed by atoms with Crippen LogP contribution < -0.4 is 0 Å². The summed E-state index contributed by atoms with van der Waals surface area (Å²) in [5.41, 5.74) is 0.278. The van der Waals surface area contributed by atoms with Gasteiger partial charge in [-0.05, 0) is 11.6 Å². The third kappa shape index (κ3) is 4.74. The van der Waals surface area contributed by atoms with Crippen molar-refractivity contribution in [1.82, 2.24) is 9.80 Å². The monoisotopic (exact) mass is 324 g/mol. The molecule has 2 rings (SSSR count). The molecule has 0 aliphatic carbocycles. The second kappa shape index (κ2) is 8.03. The predicted molar refractivity (Wildman–Crippen MR) is 81.1 cm³/mol. The average molecular weight is 324 g/mol. The smallest absolute Gasteiger partial charge is 0.242 e. The van der Waals surface area contributed by atoms with Crippen LogP contribution in [0.4, 0.5) is 4.39 Å². The molecule has 1 aromatic rings. The quantitative estimate of drug-likeness (QED) is 0.831. The summed E-state index contributed by atoms with van der Waals surface area (Å²) in [7, 11) is 1.53. The molecular weight excluding hydrogens is 303 g/mol. The molecular formula is C16H21FN2O4. The van der Waals surface area contributed by atoms with E-state index >= 15 is 0 Å². The van der Waals surface area contributed by atoms with E-state index in [0.29, 0.717) is 13.2 Å². The van der Waals surface area contributed by atoms with Crippen LogP contribution in [0.25, 0.3) is 0 Å². The van der Waals surface area contributed by atoms with E-state index in [2.05, 4.69) is 0 Å². The fourth-order valence-electron chi connectivity index (χ4n) is 2.52. The molecule has 0 bridgehead atoms. The minimum atomic E-state index is -0.831. The van der Waals surface area contributed by atoms with Gasteiger partial charge < -0.3 is 19.6 Å². The Kier molecular flexibility index (Phi) is 6.06. The number of nitrogens with zero attached hydrogens (tertiary/aromatic N) is 2. The van der Waals surface area contributed by atoms with Crippen LogP contribution in [-0.2, 0) is 20.7 Å². The normalized spacial score (nSPS) is 18.9. The fourth-order valence-corrected chi connectivity index (χ4v) is 2.52. The SMILES string of the molecule is COCCN1CC(O)CN(C(=O)Cc2ccccc2F)CC1=O. The Hall–Kier alpha value is -1.99. The zero-order valence-corrected chi connectivity index (χ0v) is 13.1. The summed E-state index contributed by atoms with van der Waals surface area (Å²) in [6.45, 7) is 0.825. The van der Waals surface area contributed by atoms with Crippen LogP contribution in [-0.4, -0.2) is 72.7 Å². The number of hydrogen-bond acceptors (Lipinski definition) is 4. The van der Waals surface area contributed by atoms with Crippen LogP contribution in [0.5, 0.6) is 0 Å². The van der Waals surface area contributed by atoms with Gasteiger partial charge in [0, 0.05) is 26.7 Å². The van der Waals surface area contributed by atoms with Gasteiger partial charge in [-0.15, -0.1) is 0 Å². The minimum Gasteiger partial charge on any atom is -0.389 e. The Balaban J connectivity index is 2.03. The highest BCUT2D eigenvalue weighted by Gasteiger charge is 2.29. The van der Waals surface area contributed by atoms with Gasteiger partial charge in [-0.25, -0.2) is 4.39 Å². The van der Waals surface area contributed by atoms with Crippen molar-refractivity contribution >= 4 is 11.8 Å². The topological polar surface area (TPSA) is 70.1 Å². The lowest BCUT2D eigenvalue weighted by Crippen LogP contribution is -2.41. The third-order valence-corrected chi connectivity index (χ3v) is 3.76. The molecule has 126 valence electrons. The molecule has 1 aliphatic heterocycles.